The van der Waals surface area contributed by atoms with Crippen molar-refractivity contribution in [2.24, 2.45) is 0 Å². The minimum absolute atomic E-state index is 0.224. The monoisotopic (exact) mass is 276 g/mol. The predicted octanol–water partition coefficient (Wildman–Crippen LogP) is 1.88. The van der Waals surface area contributed by atoms with Crippen LogP contribution in [0, 0.1) is 0 Å². The molecule has 1 aliphatic heterocycles. The van der Waals surface area contributed by atoms with Crippen molar-refractivity contribution in [3.63, 3.8) is 0 Å². The van der Waals surface area contributed by atoms with Gasteiger partial charge in [0.25, 0.3) is 0 Å². The molecule has 0 saturated carbocycles. The van der Waals surface area contributed by atoms with Gasteiger partial charge >= 0.3 is 5.97 Å². The van der Waals surface area contributed by atoms with E-state index in [9.17, 15) is 9.90 Å². The SMILES string of the molecule is CN(c1nc2c(cc1C(=O)O)CCCC2)C1CCOC1. The van der Waals surface area contributed by atoms with Crippen molar-refractivity contribution >= 4 is 11.8 Å². The van der Waals surface area contributed by atoms with Gasteiger partial charge in [0.05, 0.1) is 12.6 Å². The molecular weight excluding hydrogens is 256 g/mol. The summed E-state index contributed by atoms with van der Waals surface area (Å²) >= 11 is 0. The molecule has 5 heteroatoms. The molecule has 1 aromatic heterocycles. The number of carboxylic acid groups (broad SMARTS) is 1. The Kier molecular flexibility index (Phi) is 3.61. The summed E-state index contributed by atoms with van der Waals surface area (Å²) < 4.78 is 5.40. The van der Waals surface area contributed by atoms with Crippen LogP contribution in [0.15, 0.2) is 6.07 Å². The number of fused-ring (bicyclic) bond motifs is 1. The molecule has 1 aliphatic carbocycles. The number of aromatic carboxylic acids is 1. The molecule has 0 bridgehead atoms. The molecule has 108 valence electrons. The third-order valence-corrected chi connectivity index (χ3v) is 4.30. The molecule has 1 aromatic rings. The Morgan fingerprint density at radius 2 is 2.25 bits per heavy atom. The van der Waals surface area contributed by atoms with Crippen molar-refractivity contribution < 1.29 is 14.6 Å². The van der Waals surface area contributed by atoms with Gasteiger partial charge in [0.15, 0.2) is 0 Å². The average molecular weight is 276 g/mol. The van der Waals surface area contributed by atoms with Gasteiger partial charge in [-0.2, -0.15) is 0 Å². The third kappa shape index (κ3) is 2.38. The first kappa shape index (κ1) is 13.4. The molecule has 0 amide bonds. The van der Waals surface area contributed by atoms with Gasteiger partial charge in [-0.3, -0.25) is 0 Å². The van der Waals surface area contributed by atoms with Crippen molar-refractivity contribution in [2.75, 3.05) is 25.2 Å². The number of pyridine rings is 1. The Morgan fingerprint density at radius 1 is 1.45 bits per heavy atom. The van der Waals surface area contributed by atoms with Crippen LogP contribution in [0.4, 0.5) is 5.82 Å². The van der Waals surface area contributed by atoms with Crippen molar-refractivity contribution in [3.8, 4) is 0 Å². The quantitative estimate of drug-likeness (QED) is 0.913. The number of ether oxygens (including phenoxy) is 1. The van der Waals surface area contributed by atoms with E-state index in [-0.39, 0.29) is 6.04 Å². The molecule has 3 rings (SSSR count). The standard InChI is InChI=1S/C15H20N2O3/c1-17(11-6-7-20-9-11)14-12(15(18)19)8-10-4-2-3-5-13(10)16-14/h8,11H,2-7,9H2,1H3,(H,18,19). The number of nitrogens with zero attached hydrogens (tertiary/aromatic N) is 2. The van der Waals surface area contributed by atoms with Crippen molar-refractivity contribution in [1.82, 2.24) is 4.98 Å². The van der Waals surface area contributed by atoms with Crippen LogP contribution in [-0.4, -0.2) is 42.4 Å². The number of carboxylic acids is 1. The summed E-state index contributed by atoms with van der Waals surface area (Å²) in [4.78, 5) is 18.2. The lowest BCUT2D eigenvalue weighted by atomic mass is 9.94. The minimum Gasteiger partial charge on any atom is -0.478 e. The van der Waals surface area contributed by atoms with E-state index in [4.69, 9.17) is 4.74 Å². The molecule has 0 spiro atoms. The van der Waals surface area contributed by atoms with E-state index in [1.54, 1.807) is 0 Å². The van der Waals surface area contributed by atoms with E-state index in [2.05, 4.69) is 4.98 Å². The lowest BCUT2D eigenvalue weighted by Gasteiger charge is -2.27. The summed E-state index contributed by atoms with van der Waals surface area (Å²) in [6, 6.07) is 2.05. The number of hydrogen-bond donors (Lipinski definition) is 1. The van der Waals surface area contributed by atoms with E-state index in [0.717, 1.165) is 50.0 Å². The van der Waals surface area contributed by atoms with Gasteiger partial charge in [-0.15, -0.1) is 0 Å². The summed E-state index contributed by atoms with van der Waals surface area (Å²) in [7, 11) is 1.92. The first-order valence-electron chi connectivity index (χ1n) is 7.23. The molecular formula is C15H20N2O3. The van der Waals surface area contributed by atoms with E-state index < -0.39 is 5.97 Å². The molecule has 20 heavy (non-hydrogen) atoms. The Morgan fingerprint density at radius 3 is 2.95 bits per heavy atom. The highest BCUT2D eigenvalue weighted by Crippen LogP contribution is 2.28. The Balaban J connectivity index is 2.00. The van der Waals surface area contributed by atoms with Crippen LogP contribution in [0.2, 0.25) is 0 Å². The van der Waals surface area contributed by atoms with E-state index in [1.807, 2.05) is 18.0 Å². The first-order valence-corrected chi connectivity index (χ1v) is 7.23. The second-order valence-corrected chi connectivity index (χ2v) is 5.61. The van der Waals surface area contributed by atoms with Crippen molar-refractivity contribution in [3.05, 3.63) is 22.9 Å². The largest absolute Gasteiger partial charge is 0.478 e. The molecule has 1 atom stereocenters. The highest BCUT2D eigenvalue weighted by atomic mass is 16.5. The van der Waals surface area contributed by atoms with E-state index >= 15 is 0 Å². The van der Waals surface area contributed by atoms with E-state index in [1.165, 1.54) is 0 Å². The predicted molar refractivity (Wildman–Crippen MR) is 75.5 cm³/mol. The highest BCUT2D eigenvalue weighted by molar-refractivity contribution is 5.93. The number of aryl methyl sites for hydroxylation is 2. The second kappa shape index (κ2) is 5.40. The van der Waals surface area contributed by atoms with Crippen molar-refractivity contribution in [2.45, 2.75) is 38.1 Å². The van der Waals surface area contributed by atoms with Gasteiger partial charge < -0.3 is 14.7 Å². The maximum absolute atomic E-state index is 11.5. The second-order valence-electron chi connectivity index (χ2n) is 5.61. The van der Waals surface area contributed by atoms with Crippen LogP contribution < -0.4 is 4.90 Å². The Hall–Kier alpha value is -1.62. The van der Waals surface area contributed by atoms with Crippen LogP contribution in [0.1, 0.15) is 40.9 Å². The molecule has 1 saturated heterocycles. The molecule has 0 aromatic carbocycles. The van der Waals surface area contributed by atoms with Crippen LogP contribution in [-0.2, 0) is 17.6 Å². The minimum atomic E-state index is -0.897. The van der Waals surface area contributed by atoms with E-state index in [0.29, 0.717) is 18.0 Å². The first-order chi connectivity index (χ1) is 9.66. The summed E-state index contributed by atoms with van der Waals surface area (Å²) in [6.45, 7) is 1.39. The third-order valence-electron chi connectivity index (χ3n) is 4.30. The molecule has 1 unspecified atom stereocenters. The van der Waals surface area contributed by atoms with Crippen LogP contribution in [0.5, 0.6) is 0 Å². The number of aromatic nitrogens is 1. The molecule has 1 N–H and O–H groups in total. The van der Waals surface area contributed by atoms with Crippen LogP contribution in [0.25, 0.3) is 0 Å². The zero-order valence-corrected chi connectivity index (χ0v) is 11.8. The number of carbonyl (C=O) groups is 1. The Bertz CT molecular complexity index is 524. The van der Waals surface area contributed by atoms with Gasteiger partial charge in [0.1, 0.15) is 11.4 Å². The number of likely N-dealkylation sites (N-methyl/N-ethyl adjacent to an activating group) is 1. The molecule has 1 fully saturated rings. The topological polar surface area (TPSA) is 62.7 Å². The van der Waals surface area contributed by atoms with Gasteiger partial charge in [-0.05, 0) is 43.7 Å². The zero-order valence-electron chi connectivity index (χ0n) is 11.8. The number of hydrogen-bond acceptors (Lipinski definition) is 4. The fourth-order valence-electron chi connectivity index (χ4n) is 3.05. The van der Waals surface area contributed by atoms with Crippen LogP contribution >= 0.6 is 0 Å². The summed E-state index contributed by atoms with van der Waals surface area (Å²) in [6.07, 6.45) is 5.09. The average Bonchev–Trinajstić information content (AvgIpc) is 2.99. The maximum Gasteiger partial charge on any atom is 0.339 e. The zero-order chi connectivity index (χ0) is 14.1. The summed E-state index contributed by atoms with van der Waals surface area (Å²) in [5.74, 6) is -0.305. The summed E-state index contributed by atoms with van der Waals surface area (Å²) in [5, 5.41) is 9.46. The smallest absolute Gasteiger partial charge is 0.339 e. The van der Waals surface area contributed by atoms with Gasteiger partial charge in [0, 0.05) is 19.3 Å². The normalized spacial score (nSPS) is 21.6. The van der Waals surface area contributed by atoms with Gasteiger partial charge in [0.2, 0.25) is 0 Å². The maximum atomic E-state index is 11.5. The fraction of sp³-hybridized carbons (Fsp3) is 0.600. The highest BCUT2D eigenvalue weighted by Gasteiger charge is 2.27. The Labute approximate surface area is 118 Å². The van der Waals surface area contributed by atoms with Crippen LogP contribution in [0.3, 0.4) is 0 Å². The fourth-order valence-corrected chi connectivity index (χ4v) is 3.05. The molecule has 2 heterocycles. The lowest BCUT2D eigenvalue weighted by Crippen LogP contribution is -2.34. The molecule has 0 radical (unpaired) electrons. The number of anilines is 1. The lowest BCUT2D eigenvalue weighted by molar-refractivity contribution is 0.0697. The number of rotatable bonds is 3. The molecule has 2 aliphatic rings. The summed E-state index contributed by atoms with van der Waals surface area (Å²) in [5.41, 5.74) is 2.50. The molecule has 5 nitrogen and oxygen atoms in total. The van der Waals surface area contributed by atoms with Gasteiger partial charge in [-0.25, -0.2) is 9.78 Å². The van der Waals surface area contributed by atoms with Gasteiger partial charge in [-0.1, -0.05) is 0 Å². The van der Waals surface area contributed by atoms with Crippen molar-refractivity contribution in [1.29, 1.82) is 0 Å².